The van der Waals surface area contributed by atoms with Crippen molar-refractivity contribution >= 4 is 5.97 Å². The largest absolute Gasteiger partial charge is 0.462 e. The molecule has 23 heavy (non-hydrogen) atoms. The molecule has 0 aliphatic rings. The van der Waals surface area contributed by atoms with Crippen molar-refractivity contribution in [1.82, 2.24) is 9.13 Å². The van der Waals surface area contributed by atoms with E-state index in [2.05, 4.69) is 6.58 Å². The lowest BCUT2D eigenvalue weighted by atomic mass is 10.2. The van der Waals surface area contributed by atoms with Crippen molar-refractivity contribution in [2.75, 3.05) is 6.61 Å². The third kappa shape index (κ3) is 5.50. The lowest BCUT2D eigenvalue weighted by molar-refractivity contribution is -0.139. The van der Waals surface area contributed by atoms with Crippen LogP contribution in [0.3, 0.4) is 0 Å². The van der Waals surface area contributed by atoms with Gasteiger partial charge in [0.15, 0.2) is 0 Å². The fourth-order valence-corrected chi connectivity index (χ4v) is 2.08. The van der Waals surface area contributed by atoms with E-state index >= 15 is 0 Å². The number of ether oxygens (including phenoxy) is 1. The molecule has 0 amide bonds. The maximum atomic E-state index is 13.5. The molecule has 0 fully saturated rings. The molecule has 1 aromatic rings. The Morgan fingerprint density at radius 2 is 1.91 bits per heavy atom. The minimum atomic E-state index is -0.918. The van der Waals surface area contributed by atoms with E-state index < -0.39 is 23.0 Å². The van der Waals surface area contributed by atoms with Crippen molar-refractivity contribution in [2.24, 2.45) is 0 Å². The highest BCUT2D eigenvalue weighted by atomic mass is 19.1. The molecule has 0 atom stereocenters. The minimum absolute atomic E-state index is 0.142. The summed E-state index contributed by atoms with van der Waals surface area (Å²) in [6.45, 7) is 7.53. The van der Waals surface area contributed by atoms with E-state index in [1.165, 1.54) is 4.57 Å². The van der Waals surface area contributed by atoms with Crippen molar-refractivity contribution < 1.29 is 13.9 Å². The van der Waals surface area contributed by atoms with E-state index in [0.717, 1.165) is 30.0 Å². The van der Waals surface area contributed by atoms with Crippen LogP contribution in [0.15, 0.2) is 27.9 Å². The van der Waals surface area contributed by atoms with Crippen molar-refractivity contribution in [1.29, 1.82) is 0 Å². The van der Waals surface area contributed by atoms with Crippen LogP contribution in [0.2, 0.25) is 0 Å². The fraction of sp³-hybridized carbons (Fsp3) is 0.562. The Labute approximate surface area is 134 Å². The second-order valence-electron chi connectivity index (χ2n) is 5.33. The number of hydrogen-bond acceptors (Lipinski definition) is 4. The summed E-state index contributed by atoms with van der Waals surface area (Å²) < 4.78 is 20.5. The van der Waals surface area contributed by atoms with Crippen LogP contribution in [-0.2, 0) is 22.6 Å². The third-order valence-electron chi connectivity index (χ3n) is 3.39. The Morgan fingerprint density at radius 1 is 1.26 bits per heavy atom. The number of rotatable bonds is 9. The number of hydrogen-bond donors (Lipinski definition) is 0. The van der Waals surface area contributed by atoms with Gasteiger partial charge in [0.25, 0.3) is 5.56 Å². The average Bonchev–Trinajstić information content (AvgIpc) is 2.51. The molecule has 128 valence electrons. The zero-order valence-corrected chi connectivity index (χ0v) is 13.6. The number of unbranched alkanes of at least 4 members (excludes halogenated alkanes) is 3. The first-order valence-corrected chi connectivity index (χ1v) is 7.70. The van der Waals surface area contributed by atoms with Crippen molar-refractivity contribution in [3.05, 3.63) is 45.0 Å². The summed E-state index contributed by atoms with van der Waals surface area (Å²) in [5.74, 6) is -1.31. The summed E-state index contributed by atoms with van der Waals surface area (Å²) in [4.78, 5) is 34.6. The number of nitrogens with zero attached hydrogens (tertiary/aromatic N) is 2. The van der Waals surface area contributed by atoms with Gasteiger partial charge in [0.2, 0.25) is 5.82 Å². The normalized spacial score (nSPS) is 10.6. The van der Waals surface area contributed by atoms with Crippen LogP contribution in [0.5, 0.6) is 0 Å². The van der Waals surface area contributed by atoms with E-state index in [0.29, 0.717) is 25.1 Å². The topological polar surface area (TPSA) is 70.3 Å². The van der Waals surface area contributed by atoms with Crippen LogP contribution < -0.4 is 11.2 Å². The van der Waals surface area contributed by atoms with Gasteiger partial charge in [-0.2, -0.15) is 4.39 Å². The first-order valence-electron chi connectivity index (χ1n) is 7.70. The monoisotopic (exact) mass is 326 g/mol. The number of carbonyl (C=O) groups excluding carboxylic acids is 1. The maximum absolute atomic E-state index is 13.5. The van der Waals surface area contributed by atoms with Gasteiger partial charge in [0, 0.05) is 18.7 Å². The molecular formula is C16H23FN2O4. The molecule has 0 bridgehead atoms. The van der Waals surface area contributed by atoms with E-state index in [1.54, 1.807) is 13.8 Å². The molecule has 0 aromatic carbocycles. The Bertz CT molecular complexity index is 676. The van der Waals surface area contributed by atoms with Crippen LogP contribution in [-0.4, -0.2) is 21.7 Å². The van der Waals surface area contributed by atoms with Gasteiger partial charge < -0.3 is 4.74 Å². The highest BCUT2D eigenvalue weighted by molar-refractivity contribution is 5.86. The van der Waals surface area contributed by atoms with Gasteiger partial charge >= 0.3 is 11.7 Å². The molecule has 1 aromatic heterocycles. The van der Waals surface area contributed by atoms with E-state index in [4.69, 9.17) is 4.74 Å². The van der Waals surface area contributed by atoms with Gasteiger partial charge in [-0.05, 0) is 33.1 Å². The van der Waals surface area contributed by atoms with Crippen LogP contribution >= 0.6 is 0 Å². The Hall–Kier alpha value is -2.18. The molecule has 0 N–H and O–H groups in total. The van der Waals surface area contributed by atoms with Crippen LogP contribution in [0.4, 0.5) is 4.39 Å². The summed E-state index contributed by atoms with van der Waals surface area (Å²) in [5, 5.41) is 0. The molecular weight excluding hydrogens is 303 g/mol. The molecule has 0 saturated carbocycles. The van der Waals surface area contributed by atoms with Crippen molar-refractivity contribution in [3.8, 4) is 0 Å². The zero-order valence-electron chi connectivity index (χ0n) is 13.6. The van der Waals surface area contributed by atoms with Crippen molar-refractivity contribution in [3.63, 3.8) is 0 Å². The Morgan fingerprint density at radius 3 is 2.52 bits per heavy atom. The molecule has 7 heteroatoms. The molecule has 0 unspecified atom stereocenters. The smallest absolute Gasteiger partial charge is 0.333 e. The van der Waals surface area contributed by atoms with E-state index in [9.17, 15) is 18.8 Å². The Kier molecular flexibility index (Phi) is 7.44. The molecule has 0 radical (unpaired) electrons. The quantitative estimate of drug-likeness (QED) is 0.394. The molecule has 1 heterocycles. The highest BCUT2D eigenvalue weighted by Crippen LogP contribution is 2.03. The van der Waals surface area contributed by atoms with Gasteiger partial charge in [0.05, 0.1) is 12.8 Å². The van der Waals surface area contributed by atoms with Crippen LogP contribution in [0.1, 0.15) is 39.5 Å². The first kappa shape index (κ1) is 18.9. The summed E-state index contributed by atoms with van der Waals surface area (Å²) in [7, 11) is 0. The van der Waals surface area contributed by atoms with Gasteiger partial charge in [-0.25, -0.2) is 9.59 Å². The standard InChI is InChI=1S/C16H23FN2O4/c1-4-19-14(20)13(17)11-18(16(19)22)9-7-5-6-8-10-23-15(21)12(2)3/h11H,2,4-10H2,1,3H3. The van der Waals surface area contributed by atoms with Crippen LogP contribution in [0, 0.1) is 5.82 Å². The van der Waals surface area contributed by atoms with E-state index in [-0.39, 0.29) is 6.54 Å². The second kappa shape index (κ2) is 9.07. The second-order valence-corrected chi connectivity index (χ2v) is 5.33. The molecule has 0 aliphatic carbocycles. The van der Waals surface area contributed by atoms with Gasteiger partial charge in [-0.3, -0.25) is 13.9 Å². The first-order chi connectivity index (χ1) is 10.9. The molecule has 0 aliphatic heterocycles. The predicted molar refractivity (Wildman–Crippen MR) is 84.8 cm³/mol. The number of esters is 1. The summed E-state index contributed by atoms with van der Waals surface area (Å²) >= 11 is 0. The summed E-state index contributed by atoms with van der Waals surface area (Å²) in [6, 6.07) is 0. The van der Waals surface area contributed by atoms with Gasteiger partial charge in [0.1, 0.15) is 0 Å². The number of halogens is 1. The fourth-order valence-electron chi connectivity index (χ4n) is 2.08. The predicted octanol–water partition coefficient (Wildman–Crippen LogP) is 1.85. The summed E-state index contributed by atoms with van der Waals surface area (Å²) in [6.07, 6.45) is 4.00. The minimum Gasteiger partial charge on any atom is -0.462 e. The van der Waals surface area contributed by atoms with E-state index in [1.807, 2.05) is 0 Å². The average molecular weight is 326 g/mol. The van der Waals surface area contributed by atoms with Gasteiger partial charge in [-0.1, -0.05) is 13.0 Å². The third-order valence-corrected chi connectivity index (χ3v) is 3.39. The Balaban J connectivity index is 2.39. The number of aromatic nitrogens is 2. The van der Waals surface area contributed by atoms with Crippen molar-refractivity contribution in [2.45, 2.75) is 52.6 Å². The molecule has 0 saturated heterocycles. The zero-order chi connectivity index (χ0) is 17.4. The number of aryl methyl sites for hydroxylation is 1. The SMILES string of the molecule is C=C(C)C(=O)OCCCCCCn1cc(F)c(=O)n(CC)c1=O. The summed E-state index contributed by atoms with van der Waals surface area (Å²) in [5.41, 5.74) is -1.00. The maximum Gasteiger partial charge on any atom is 0.333 e. The lowest BCUT2D eigenvalue weighted by Gasteiger charge is -2.09. The highest BCUT2D eigenvalue weighted by Gasteiger charge is 2.09. The molecule has 6 nitrogen and oxygen atoms in total. The molecule has 1 rings (SSSR count). The van der Waals surface area contributed by atoms with Gasteiger partial charge in [-0.15, -0.1) is 0 Å². The molecule has 0 spiro atoms. The van der Waals surface area contributed by atoms with Crippen LogP contribution in [0.25, 0.3) is 0 Å². The number of carbonyl (C=O) groups is 1. The lowest BCUT2D eigenvalue weighted by Crippen LogP contribution is -2.40.